The van der Waals surface area contributed by atoms with Gasteiger partial charge in [0.15, 0.2) is 0 Å². The Labute approximate surface area is 185 Å². The number of nitrogens with two attached hydrogens (primary N) is 1. The average molecular weight is 483 g/mol. The molecule has 1 aliphatic rings. The standard InChI is InChI=1S/C20H17F3N4O3S2/c1-11-8-12-9-13(32(24,29)30)6-7-16(12)27(11)17(28)10-31-18-14-4-2-3-5-15(14)25-19(26-18)20(21,22)23/h2-7,9,11H,8,10H2,1H3,(H2,24,29,30)/t11-/m1/s1. The van der Waals surface area contributed by atoms with E-state index in [1.807, 2.05) is 0 Å². The van der Waals surface area contributed by atoms with Crippen molar-refractivity contribution in [2.75, 3.05) is 10.7 Å². The van der Waals surface area contributed by atoms with Crippen LogP contribution in [0.15, 0.2) is 52.4 Å². The van der Waals surface area contributed by atoms with E-state index in [0.717, 1.165) is 11.8 Å². The van der Waals surface area contributed by atoms with Crippen LogP contribution in [0.4, 0.5) is 18.9 Å². The molecule has 0 aliphatic carbocycles. The number of nitrogens with zero attached hydrogens (tertiary/aromatic N) is 3. The van der Waals surface area contributed by atoms with Gasteiger partial charge in [-0.2, -0.15) is 13.2 Å². The Kier molecular flexibility index (Phi) is 5.63. The van der Waals surface area contributed by atoms with E-state index in [1.54, 1.807) is 25.1 Å². The van der Waals surface area contributed by atoms with E-state index in [-0.39, 0.29) is 33.1 Å². The lowest BCUT2D eigenvalue weighted by molar-refractivity contribution is -0.145. The highest BCUT2D eigenvalue weighted by Crippen LogP contribution is 2.36. The third-order valence-corrected chi connectivity index (χ3v) is 6.90. The second-order valence-corrected chi connectivity index (χ2v) is 9.83. The van der Waals surface area contributed by atoms with Gasteiger partial charge in [-0.1, -0.05) is 30.0 Å². The maximum Gasteiger partial charge on any atom is 0.451 e. The number of sulfonamides is 1. The molecule has 1 aromatic heterocycles. The Morgan fingerprint density at radius 2 is 1.94 bits per heavy atom. The number of hydrogen-bond acceptors (Lipinski definition) is 6. The summed E-state index contributed by atoms with van der Waals surface area (Å²) in [6, 6.07) is 10.3. The molecule has 0 saturated carbocycles. The molecule has 2 heterocycles. The number of carbonyl (C=O) groups is 1. The summed E-state index contributed by atoms with van der Waals surface area (Å²) in [4.78, 5) is 21.7. The van der Waals surface area contributed by atoms with Gasteiger partial charge in [0.2, 0.25) is 21.8 Å². The van der Waals surface area contributed by atoms with E-state index in [1.165, 1.54) is 29.2 Å². The summed E-state index contributed by atoms with van der Waals surface area (Å²) in [5.74, 6) is -1.75. The minimum atomic E-state index is -4.72. The van der Waals surface area contributed by atoms with Gasteiger partial charge >= 0.3 is 6.18 Å². The minimum Gasteiger partial charge on any atom is -0.308 e. The molecule has 0 unspecified atom stereocenters. The molecule has 3 aromatic rings. The number of amides is 1. The fourth-order valence-corrected chi connectivity index (χ4v) is 5.09. The van der Waals surface area contributed by atoms with E-state index in [4.69, 9.17) is 5.14 Å². The lowest BCUT2D eigenvalue weighted by atomic mass is 10.1. The van der Waals surface area contributed by atoms with Crippen molar-refractivity contribution in [2.24, 2.45) is 5.14 Å². The molecule has 1 amide bonds. The number of fused-ring (bicyclic) bond motifs is 2. The van der Waals surface area contributed by atoms with Crippen LogP contribution < -0.4 is 10.0 Å². The molecule has 12 heteroatoms. The molecule has 2 N–H and O–H groups in total. The Bertz CT molecular complexity index is 1330. The quantitative estimate of drug-likeness (QED) is 0.452. The summed E-state index contributed by atoms with van der Waals surface area (Å²) in [6.45, 7) is 1.81. The topological polar surface area (TPSA) is 106 Å². The third-order valence-electron chi connectivity index (χ3n) is 5.02. The van der Waals surface area contributed by atoms with Crippen LogP contribution in [0.3, 0.4) is 0 Å². The number of rotatable bonds is 4. The first-order chi connectivity index (χ1) is 14.9. The molecule has 168 valence electrons. The van der Waals surface area contributed by atoms with Gasteiger partial charge in [-0.05, 0) is 43.2 Å². The van der Waals surface area contributed by atoms with Gasteiger partial charge in [0.05, 0.1) is 16.2 Å². The zero-order chi connectivity index (χ0) is 23.3. The number of hydrogen-bond donors (Lipinski definition) is 1. The number of thioether (sulfide) groups is 1. The third kappa shape index (κ3) is 4.30. The molecule has 7 nitrogen and oxygen atoms in total. The number of halogens is 3. The summed E-state index contributed by atoms with van der Waals surface area (Å²) in [7, 11) is -3.88. The Hall–Kier alpha value is -2.70. The number of aromatic nitrogens is 2. The zero-order valence-electron chi connectivity index (χ0n) is 16.6. The molecule has 2 aromatic carbocycles. The monoisotopic (exact) mass is 482 g/mol. The fraction of sp³-hybridized carbons (Fsp3) is 0.250. The smallest absolute Gasteiger partial charge is 0.308 e. The highest BCUT2D eigenvalue weighted by Gasteiger charge is 2.36. The number of primary sulfonamides is 1. The lowest BCUT2D eigenvalue weighted by Crippen LogP contribution is -2.37. The highest BCUT2D eigenvalue weighted by molar-refractivity contribution is 8.00. The van der Waals surface area contributed by atoms with Crippen LogP contribution in [-0.4, -0.2) is 36.1 Å². The fourth-order valence-electron chi connectivity index (χ4n) is 3.65. The summed E-state index contributed by atoms with van der Waals surface area (Å²) < 4.78 is 62.8. The van der Waals surface area contributed by atoms with Crippen molar-refractivity contribution < 1.29 is 26.4 Å². The first kappa shape index (κ1) is 22.5. The van der Waals surface area contributed by atoms with E-state index in [0.29, 0.717) is 23.1 Å². The van der Waals surface area contributed by atoms with Crippen molar-refractivity contribution in [1.82, 2.24) is 9.97 Å². The molecule has 0 spiro atoms. The number of anilines is 1. The maximum atomic E-state index is 13.2. The van der Waals surface area contributed by atoms with E-state index in [2.05, 4.69) is 9.97 Å². The number of carbonyl (C=O) groups excluding carboxylic acids is 1. The van der Waals surface area contributed by atoms with Crippen molar-refractivity contribution in [3.05, 3.63) is 53.9 Å². The Morgan fingerprint density at radius 3 is 2.62 bits per heavy atom. The van der Waals surface area contributed by atoms with Gasteiger partial charge in [0.25, 0.3) is 0 Å². The summed E-state index contributed by atoms with van der Waals surface area (Å²) in [5, 5.41) is 5.66. The largest absolute Gasteiger partial charge is 0.451 e. The Morgan fingerprint density at radius 1 is 1.22 bits per heavy atom. The summed E-state index contributed by atoms with van der Waals surface area (Å²) >= 11 is 0.901. The van der Waals surface area contributed by atoms with Gasteiger partial charge in [0, 0.05) is 17.1 Å². The second-order valence-electron chi connectivity index (χ2n) is 7.31. The van der Waals surface area contributed by atoms with Crippen LogP contribution in [-0.2, 0) is 27.4 Å². The maximum absolute atomic E-state index is 13.2. The molecular weight excluding hydrogens is 465 g/mol. The first-order valence-electron chi connectivity index (χ1n) is 9.39. The molecule has 0 saturated heterocycles. The predicted octanol–water partition coefficient (Wildman–Crippen LogP) is 3.37. The van der Waals surface area contributed by atoms with Crippen molar-refractivity contribution in [1.29, 1.82) is 0 Å². The molecular formula is C20H17F3N4O3S2. The van der Waals surface area contributed by atoms with Gasteiger partial charge in [0.1, 0.15) is 5.03 Å². The molecule has 1 atom stereocenters. The van der Waals surface area contributed by atoms with Crippen LogP contribution in [0.5, 0.6) is 0 Å². The van der Waals surface area contributed by atoms with Gasteiger partial charge in [-0.25, -0.2) is 23.5 Å². The van der Waals surface area contributed by atoms with Crippen LogP contribution in [0.25, 0.3) is 10.9 Å². The molecule has 0 radical (unpaired) electrons. The van der Waals surface area contributed by atoms with Crippen molar-refractivity contribution in [3.8, 4) is 0 Å². The lowest BCUT2D eigenvalue weighted by Gasteiger charge is -2.22. The zero-order valence-corrected chi connectivity index (χ0v) is 18.3. The SMILES string of the molecule is C[C@@H]1Cc2cc(S(N)(=O)=O)ccc2N1C(=O)CSc1nc(C(F)(F)F)nc2ccccc12. The average Bonchev–Trinajstić information content (AvgIpc) is 3.05. The van der Waals surface area contributed by atoms with Crippen LogP contribution in [0, 0.1) is 0 Å². The minimum absolute atomic E-state index is 0.0424. The first-order valence-corrected chi connectivity index (χ1v) is 11.9. The number of para-hydroxylation sites is 1. The molecule has 0 fully saturated rings. The normalized spacial score (nSPS) is 16.4. The van der Waals surface area contributed by atoms with Gasteiger partial charge in [-0.3, -0.25) is 4.79 Å². The number of benzene rings is 2. The molecule has 1 aliphatic heterocycles. The molecule has 4 rings (SSSR count). The summed E-state index contributed by atoms with van der Waals surface area (Å²) in [5.41, 5.74) is 1.36. The summed E-state index contributed by atoms with van der Waals surface area (Å²) in [6.07, 6.45) is -4.28. The molecule has 32 heavy (non-hydrogen) atoms. The van der Waals surface area contributed by atoms with Gasteiger partial charge < -0.3 is 4.90 Å². The van der Waals surface area contributed by atoms with E-state index in [9.17, 15) is 26.4 Å². The number of alkyl halides is 3. The van der Waals surface area contributed by atoms with E-state index < -0.39 is 22.0 Å². The van der Waals surface area contributed by atoms with Crippen LogP contribution in [0.1, 0.15) is 18.3 Å². The van der Waals surface area contributed by atoms with Crippen LogP contribution >= 0.6 is 11.8 Å². The van der Waals surface area contributed by atoms with Gasteiger partial charge in [-0.15, -0.1) is 0 Å². The second kappa shape index (κ2) is 8.01. The molecule has 0 bridgehead atoms. The van der Waals surface area contributed by atoms with Crippen molar-refractivity contribution in [2.45, 2.75) is 35.5 Å². The predicted molar refractivity (Wildman–Crippen MR) is 114 cm³/mol. The van der Waals surface area contributed by atoms with Crippen molar-refractivity contribution in [3.63, 3.8) is 0 Å². The van der Waals surface area contributed by atoms with Crippen molar-refractivity contribution >= 4 is 44.3 Å². The highest BCUT2D eigenvalue weighted by atomic mass is 32.2. The van der Waals surface area contributed by atoms with Crippen LogP contribution in [0.2, 0.25) is 0 Å². The Balaban J connectivity index is 1.61. The van der Waals surface area contributed by atoms with E-state index >= 15 is 0 Å².